The summed E-state index contributed by atoms with van der Waals surface area (Å²) in [6.45, 7) is 0. The number of benzene rings is 1. The maximum Gasteiger partial charge on any atom is 0.410 e. The highest BCUT2D eigenvalue weighted by Gasteiger charge is 2.09. The quantitative estimate of drug-likeness (QED) is 0.573. The van der Waals surface area contributed by atoms with Gasteiger partial charge in [0.25, 0.3) is 0 Å². The van der Waals surface area contributed by atoms with Crippen LogP contribution in [0, 0.1) is 0 Å². The highest BCUT2D eigenvalue weighted by atomic mass is 32.1. The lowest BCUT2D eigenvalue weighted by Gasteiger charge is -2.04. The van der Waals surface area contributed by atoms with Crippen LogP contribution in [-0.4, -0.2) is 16.4 Å². The Morgan fingerprint density at radius 2 is 2.36 bits per heavy atom. The summed E-state index contributed by atoms with van der Waals surface area (Å²) in [6, 6.07) is 4.28. The molecule has 72 valence electrons. The zero-order valence-electron chi connectivity index (χ0n) is 6.93. The molecule has 0 aliphatic carbocycles. The molecule has 1 aromatic rings. The number of phenols is 1. The van der Waals surface area contributed by atoms with Gasteiger partial charge in [0.2, 0.25) is 0 Å². The van der Waals surface area contributed by atoms with Crippen molar-refractivity contribution < 1.29 is 14.6 Å². The van der Waals surface area contributed by atoms with E-state index in [1.165, 1.54) is 18.2 Å². The zero-order chi connectivity index (χ0) is 10.6. The van der Waals surface area contributed by atoms with Crippen molar-refractivity contribution >= 4 is 29.2 Å². The normalized spacial score (nSPS) is 8.86. The Kier molecular flexibility index (Phi) is 3.17. The first-order chi connectivity index (χ1) is 6.65. The minimum absolute atomic E-state index is 0.0290. The minimum Gasteiger partial charge on any atom is -0.506 e. The van der Waals surface area contributed by atoms with E-state index in [0.29, 0.717) is 0 Å². The number of amides is 1. The second-order valence-corrected chi connectivity index (χ2v) is 2.43. The van der Waals surface area contributed by atoms with Gasteiger partial charge in [0.15, 0.2) is 11.4 Å². The average molecular weight is 210 g/mol. The number of hydrogen-bond acceptors (Lipinski definition) is 5. The first-order valence-electron chi connectivity index (χ1n) is 3.52. The number of phenolic OH excluding ortho intramolecular Hbond substituents is 1. The predicted octanol–water partition coefficient (Wildman–Crippen LogP) is 1.58. The Labute approximate surface area is 84.8 Å². The summed E-state index contributed by atoms with van der Waals surface area (Å²) in [4.78, 5) is 14.0. The summed E-state index contributed by atoms with van der Waals surface area (Å²) < 4.78 is 4.58. The molecule has 0 aromatic heterocycles. The number of nitrogens with zero attached hydrogens (tertiary/aromatic N) is 1. The lowest BCUT2D eigenvalue weighted by Crippen LogP contribution is -2.16. The Bertz CT molecular complexity index is 413. The maximum absolute atomic E-state index is 10.5. The van der Waals surface area contributed by atoms with Gasteiger partial charge in [-0.2, -0.15) is 4.99 Å². The monoisotopic (exact) mass is 210 g/mol. The van der Waals surface area contributed by atoms with E-state index >= 15 is 0 Å². The molecule has 6 heteroatoms. The van der Waals surface area contributed by atoms with Gasteiger partial charge in [-0.3, -0.25) is 0 Å². The van der Waals surface area contributed by atoms with E-state index in [4.69, 9.17) is 5.73 Å². The van der Waals surface area contributed by atoms with Gasteiger partial charge >= 0.3 is 6.09 Å². The molecule has 0 atom stereocenters. The third-order valence-electron chi connectivity index (χ3n) is 1.35. The number of rotatable bonds is 2. The molecule has 1 aromatic carbocycles. The number of para-hydroxylation sites is 1. The zero-order valence-corrected chi connectivity index (χ0v) is 7.75. The van der Waals surface area contributed by atoms with E-state index in [1.54, 1.807) is 0 Å². The third-order valence-corrected chi connectivity index (χ3v) is 1.44. The van der Waals surface area contributed by atoms with Crippen LogP contribution in [0.3, 0.4) is 0 Å². The first-order valence-corrected chi connectivity index (χ1v) is 3.93. The fourth-order valence-electron chi connectivity index (χ4n) is 0.859. The number of ether oxygens (including phenoxy) is 1. The molecule has 0 radical (unpaired) electrons. The molecule has 1 amide bonds. The first kappa shape index (κ1) is 10.2. The molecule has 0 saturated carbocycles. The van der Waals surface area contributed by atoms with Gasteiger partial charge < -0.3 is 15.6 Å². The number of carbonyl (C=O) groups excluding carboxylic acids is 1. The standard InChI is InChI=1S/C8H6N2O3S/c9-8(12)13-6-3-1-2-5(11)7(6)10-4-14/h1-3,11H,(H2,9,12). The van der Waals surface area contributed by atoms with Crippen LogP contribution in [0.15, 0.2) is 23.2 Å². The van der Waals surface area contributed by atoms with Gasteiger partial charge in [-0.05, 0) is 24.4 Å². The number of carbonyl (C=O) groups is 1. The van der Waals surface area contributed by atoms with Gasteiger partial charge in [-0.1, -0.05) is 6.07 Å². The van der Waals surface area contributed by atoms with Crippen molar-refractivity contribution in [1.82, 2.24) is 0 Å². The number of isothiocyanates is 1. The van der Waals surface area contributed by atoms with Crippen LogP contribution in [0.4, 0.5) is 10.5 Å². The van der Waals surface area contributed by atoms with E-state index in [-0.39, 0.29) is 17.2 Å². The summed E-state index contributed by atoms with van der Waals surface area (Å²) in [5.74, 6) is -0.129. The van der Waals surface area contributed by atoms with Crippen molar-refractivity contribution in [2.75, 3.05) is 0 Å². The lowest BCUT2D eigenvalue weighted by molar-refractivity contribution is 0.211. The van der Waals surface area contributed by atoms with E-state index in [1.807, 2.05) is 0 Å². The second-order valence-electron chi connectivity index (χ2n) is 2.25. The van der Waals surface area contributed by atoms with Crippen molar-refractivity contribution in [3.8, 4) is 11.5 Å². The van der Waals surface area contributed by atoms with Crippen molar-refractivity contribution in [3.63, 3.8) is 0 Å². The van der Waals surface area contributed by atoms with Crippen molar-refractivity contribution in [2.24, 2.45) is 10.7 Å². The van der Waals surface area contributed by atoms with Crippen molar-refractivity contribution in [2.45, 2.75) is 0 Å². The van der Waals surface area contributed by atoms with Gasteiger partial charge in [0, 0.05) is 0 Å². The molecule has 0 bridgehead atoms. The summed E-state index contributed by atoms with van der Waals surface area (Å²) in [5.41, 5.74) is 4.84. The van der Waals surface area contributed by atoms with Crippen LogP contribution in [0.5, 0.6) is 11.5 Å². The van der Waals surface area contributed by atoms with E-state index in [9.17, 15) is 9.90 Å². The fraction of sp³-hybridized carbons (Fsp3) is 0. The molecule has 0 saturated heterocycles. The Balaban J connectivity index is 3.20. The highest BCUT2D eigenvalue weighted by Crippen LogP contribution is 2.35. The number of aromatic hydroxyl groups is 1. The summed E-state index contributed by atoms with van der Waals surface area (Å²) >= 11 is 4.37. The van der Waals surface area contributed by atoms with E-state index < -0.39 is 6.09 Å². The van der Waals surface area contributed by atoms with Gasteiger partial charge in [0.1, 0.15) is 5.75 Å². The second kappa shape index (κ2) is 4.36. The van der Waals surface area contributed by atoms with Crippen LogP contribution in [0.2, 0.25) is 0 Å². The van der Waals surface area contributed by atoms with Gasteiger partial charge in [0.05, 0.1) is 5.16 Å². The van der Waals surface area contributed by atoms with E-state index in [2.05, 4.69) is 27.1 Å². The number of primary amides is 1. The third kappa shape index (κ3) is 2.29. The molecule has 3 N–H and O–H groups in total. The molecule has 0 fully saturated rings. The predicted molar refractivity (Wildman–Crippen MR) is 53.0 cm³/mol. The molecule has 0 aliphatic heterocycles. The molecule has 0 aliphatic rings. The highest BCUT2D eigenvalue weighted by molar-refractivity contribution is 7.78. The van der Waals surface area contributed by atoms with Gasteiger partial charge in [-0.15, -0.1) is 0 Å². The number of thiocarbonyl (C=S) groups is 1. The van der Waals surface area contributed by atoms with Gasteiger partial charge in [-0.25, -0.2) is 4.79 Å². The fourth-order valence-corrected chi connectivity index (χ4v) is 0.951. The number of aliphatic imine (C=N–C) groups is 1. The Hall–Kier alpha value is -1.91. The van der Waals surface area contributed by atoms with Crippen LogP contribution >= 0.6 is 12.2 Å². The molecule has 0 heterocycles. The molecular formula is C8H6N2O3S. The number of nitrogens with two attached hydrogens (primary N) is 1. The largest absolute Gasteiger partial charge is 0.506 e. The topological polar surface area (TPSA) is 84.9 Å². The summed E-state index contributed by atoms with van der Waals surface area (Å²) in [6.07, 6.45) is -0.989. The van der Waals surface area contributed by atoms with Crippen LogP contribution < -0.4 is 10.5 Å². The van der Waals surface area contributed by atoms with Crippen molar-refractivity contribution in [1.29, 1.82) is 0 Å². The summed E-state index contributed by atoms with van der Waals surface area (Å²) in [7, 11) is 0. The Morgan fingerprint density at radius 1 is 1.64 bits per heavy atom. The molecule has 14 heavy (non-hydrogen) atoms. The molecule has 0 spiro atoms. The SMILES string of the molecule is NC(=O)Oc1cccc(O)c1N=C=S. The van der Waals surface area contributed by atoms with Crippen LogP contribution in [0.1, 0.15) is 0 Å². The molecule has 1 rings (SSSR count). The van der Waals surface area contributed by atoms with Crippen LogP contribution in [0.25, 0.3) is 0 Å². The van der Waals surface area contributed by atoms with Crippen molar-refractivity contribution in [3.05, 3.63) is 18.2 Å². The molecule has 0 unspecified atom stereocenters. The summed E-state index contributed by atoms with van der Waals surface area (Å²) in [5, 5.41) is 11.4. The smallest absolute Gasteiger partial charge is 0.410 e. The van der Waals surface area contributed by atoms with Crippen LogP contribution in [-0.2, 0) is 0 Å². The number of hydrogen-bond donors (Lipinski definition) is 2. The van der Waals surface area contributed by atoms with E-state index in [0.717, 1.165) is 0 Å². The maximum atomic E-state index is 10.5. The average Bonchev–Trinajstić information content (AvgIpc) is 2.10. The molecule has 5 nitrogen and oxygen atoms in total. The minimum atomic E-state index is -0.989. The molecular weight excluding hydrogens is 204 g/mol. The lowest BCUT2D eigenvalue weighted by atomic mass is 10.3. The Morgan fingerprint density at radius 3 is 2.93 bits per heavy atom.